The van der Waals surface area contributed by atoms with Crippen LogP contribution >= 0.6 is 11.6 Å². The number of hydrogen-bond donors (Lipinski definition) is 0. The van der Waals surface area contributed by atoms with E-state index < -0.39 is 0 Å². The average Bonchev–Trinajstić information content (AvgIpc) is 2.27. The van der Waals surface area contributed by atoms with Crippen LogP contribution in [0.1, 0.15) is 6.42 Å². The summed E-state index contributed by atoms with van der Waals surface area (Å²) < 4.78 is 4.95. The Morgan fingerprint density at radius 3 is 2.41 bits per heavy atom. The zero-order chi connectivity index (χ0) is 12.8. The minimum Gasteiger partial charge on any atom is -0.467 e. The Kier molecular flexibility index (Phi) is 5.37. The van der Waals surface area contributed by atoms with Crippen LogP contribution in [0.5, 0.6) is 6.01 Å². The minimum absolute atomic E-state index is 0.145. The first-order valence-corrected chi connectivity index (χ1v) is 5.72. The zero-order valence-electron chi connectivity index (χ0n) is 10.6. The normalized spacial score (nSPS) is 10.7. The second-order valence-electron chi connectivity index (χ2n) is 3.97. The lowest BCUT2D eigenvalue weighted by molar-refractivity contribution is 0.377. The van der Waals surface area contributed by atoms with Crippen LogP contribution in [0.3, 0.4) is 0 Å². The maximum absolute atomic E-state index is 5.78. The highest BCUT2D eigenvalue weighted by atomic mass is 35.5. The van der Waals surface area contributed by atoms with E-state index in [1.807, 2.05) is 26.0 Å². The Hall–Kier alpha value is -1.14. The summed E-state index contributed by atoms with van der Waals surface area (Å²) in [5.41, 5.74) is 0. The fourth-order valence-electron chi connectivity index (χ4n) is 1.31. The Labute approximate surface area is 107 Å². The molecule has 0 amide bonds. The molecule has 0 N–H and O–H groups in total. The topological polar surface area (TPSA) is 54.4 Å². The van der Waals surface area contributed by atoms with Crippen LogP contribution in [-0.2, 0) is 0 Å². The maximum Gasteiger partial charge on any atom is 0.322 e. The number of aromatic nitrogens is 3. The van der Waals surface area contributed by atoms with Crippen molar-refractivity contribution in [2.75, 3.05) is 46.2 Å². The van der Waals surface area contributed by atoms with Gasteiger partial charge in [0.1, 0.15) is 0 Å². The second-order valence-corrected chi connectivity index (χ2v) is 4.31. The van der Waals surface area contributed by atoms with E-state index in [-0.39, 0.29) is 11.3 Å². The molecule has 0 aliphatic rings. The van der Waals surface area contributed by atoms with E-state index in [1.165, 1.54) is 7.11 Å². The van der Waals surface area contributed by atoms with Gasteiger partial charge in [0.05, 0.1) is 7.11 Å². The molecular weight excluding hydrogens is 242 g/mol. The third kappa shape index (κ3) is 4.70. The molecule has 0 atom stereocenters. The Balaban J connectivity index is 2.61. The van der Waals surface area contributed by atoms with Gasteiger partial charge in [-0.1, -0.05) is 0 Å². The number of methoxy groups -OCH3 is 1. The second kappa shape index (κ2) is 6.56. The van der Waals surface area contributed by atoms with E-state index in [0.717, 1.165) is 19.5 Å². The summed E-state index contributed by atoms with van der Waals surface area (Å²) in [5.74, 6) is 0.528. The molecule has 1 heterocycles. The molecule has 1 aromatic rings. The van der Waals surface area contributed by atoms with Crippen LogP contribution in [0.2, 0.25) is 5.28 Å². The summed E-state index contributed by atoms with van der Waals surface area (Å²) in [6, 6.07) is 0.236. The van der Waals surface area contributed by atoms with Gasteiger partial charge in [-0.15, -0.1) is 0 Å². The molecule has 6 nitrogen and oxygen atoms in total. The van der Waals surface area contributed by atoms with Crippen molar-refractivity contribution in [3.8, 4) is 6.01 Å². The first kappa shape index (κ1) is 13.9. The Bertz CT molecular complexity index is 361. The monoisotopic (exact) mass is 259 g/mol. The molecule has 7 heteroatoms. The van der Waals surface area contributed by atoms with Gasteiger partial charge in [0.2, 0.25) is 11.2 Å². The lowest BCUT2D eigenvalue weighted by atomic mass is 10.4. The third-order valence-electron chi connectivity index (χ3n) is 2.20. The van der Waals surface area contributed by atoms with E-state index >= 15 is 0 Å². The van der Waals surface area contributed by atoms with Crippen molar-refractivity contribution in [3.05, 3.63) is 5.28 Å². The molecule has 96 valence electrons. The molecule has 0 aromatic carbocycles. The van der Waals surface area contributed by atoms with Gasteiger partial charge in [0, 0.05) is 13.6 Å². The molecule has 0 saturated heterocycles. The number of nitrogens with zero attached hydrogens (tertiary/aromatic N) is 5. The fraction of sp³-hybridized carbons (Fsp3) is 0.700. The lowest BCUT2D eigenvalue weighted by Crippen LogP contribution is -2.25. The van der Waals surface area contributed by atoms with Crippen molar-refractivity contribution in [2.24, 2.45) is 0 Å². The Morgan fingerprint density at radius 2 is 1.82 bits per heavy atom. The number of hydrogen-bond acceptors (Lipinski definition) is 6. The van der Waals surface area contributed by atoms with Gasteiger partial charge in [0.15, 0.2) is 0 Å². The zero-order valence-corrected chi connectivity index (χ0v) is 11.4. The molecule has 0 aliphatic carbocycles. The van der Waals surface area contributed by atoms with Gasteiger partial charge >= 0.3 is 6.01 Å². The van der Waals surface area contributed by atoms with Gasteiger partial charge in [-0.05, 0) is 38.7 Å². The quantitative estimate of drug-likeness (QED) is 0.757. The fourth-order valence-corrected chi connectivity index (χ4v) is 1.46. The molecule has 17 heavy (non-hydrogen) atoms. The smallest absolute Gasteiger partial charge is 0.322 e. The van der Waals surface area contributed by atoms with Gasteiger partial charge in [-0.2, -0.15) is 15.0 Å². The number of rotatable bonds is 6. The summed E-state index contributed by atoms with van der Waals surface area (Å²) in [6.07, 6.45) is 1.02. The molecule has 0 unspecified atom stereocenters. The van der Waals surface area contributed by atoms with Crippen LogP contribution in [0.4, 0.5) is 5.95 Å². The van der Waals surface area contributed by atoms with Crippen molar-refractivity contribution in [1.82, 2.24) is 19.9 Å². The van der Waals surface area contributed by atoms with Gasteiger partial charge in [0.25, 0.3) is 0 Å². The summed E-state index contributed by atoms with van der Waals surface area (Å²) in [7, 11) is 7.51. The van der Waals surface area contributed by atoms with Crippen LogP contribution in [-0.4, -0.2) is 61.2 Å². The van der Waals surface area contributed by atoms with E-state index in [1.54, 1.807) is 0 Å². The van der Waals surface area contributed by atoms with Crippen LogP contribution in [0.15, 0.2) is 0 Å². The highest BCUT2D eigenvalue weighted by Gasteiger charge is 2.09. The summed E-state index contributed by atoms with van der Waals surface area (Å²) in [6.45, 7) is 1.86. The highest BCUT2D eigenvalue weighted by Crippen LogP contribution is 2.13. The average molecular weight is 260 g/mol. The minimum atomic E-state index is 0.145. The van der Waals surface area contributed by atoms with Gasteiger partial charge < -0.3 is 14.5 Å². The van der Waals surface area contributed by atoms with Crippen molar-refractivity contribution >= 4 is 17.5 Å². The molecular formula is C10H18ClN5O. The van der Waals surface area contributed by atoms with Crippen molar-refractivity contribution in [2.45, 2.75) is 6.42 Å². The highest BCUT2D eigenvalue weighted by molar-refractivity contribution is 6.28. The molecule has 1 rings (SSSR count). The maximum atomic E-state index is 5.78. The molecule has 0 spiro atoms. The van der Waals surface area contributed by atoms with Crippen LogP contribution in [0.25, 0.3) is 0 Å². The van der Waals surface area contributed by atoms with Crippen LogP contribution < -0.4 is 9.64 Å². The lowest BCUT2D eigenvalue weighted by Gasteiger charge is -2.18. The van der Waals surface area contributed by atoms with E-state index in [0.29, 0.717) is 5.95 Å². The number of halogens is 1. The standard InChI is InChI=1S/C10H18ClN5O/c1-15(2)6-5-7-16(3)9-12-8(11)13-10(14-9)17-4/h5-7H2,1-4H3. The SMILES string of the molecule is COc1nc(Cl)nc(N(C)CCCN(C)C)n1. The molecule has 1 aromatic heterocycles. The van der Waals surface area contributed by atoms with Gasteiger partial charge in [-0.25, -0.2) is 0 Å². The predicted molar refractivity (Wildman–Crippen MR) is 67.8 cm³/mol. The first-order valence-electron chi connectivity index (χ1n) is 5.34. The predicted octanol–water partition coefficient (Wildman–Crippen LogP) is 0.921. The van der Waals surface area contributed by atoms with Gasteiger partial charge in [-0.3, -0.25) is 0 Å². The molecule has 0 fully saturated rings. The molecule has 0 saturated carbocycles. The number of ether oxygens (including phenoxy) is 1. The summed E-state index contributed by atoms with van der Waals surface area (Å²) >= 11 is 5.78. The Morgan fingerprint density at radius 1 is 1.12 bits per heavy atom. The third-order valence-corrected chi connectivity index (χ3v) is 2.37. The van der Waals surface area contributed by atoms with Crippen LogP contribution in [0, 0.1) is 0 Å². The summed E-state index contributed by atoms with van der Waals surface area (Å²) in [5, 5.41) is 0.145. The van der Waals surface area contributed by atoms with Crippen molar-refractivity contribution in [1.29, 1.82) is 0 Å². The molecule has 0 radical (unpaired) electrons. The largest absolute Gasteiger partial charge is 0.467 e. The molecule has 0 bridgehead atoms. The van der Waals surface area contributed by atoms with E-state index in [4.69, 9.17) is 16.3 Å². The van der Waals surface area contributed by atoms with Crippen molar-refractivity contribution < 1.29 is 4.74 Å². The number of anilines is 1. The van der Waals surface area contributed by atoms with Crippen molar-refractivity contribution in [3.63, 3.8) is 0 Å². The summed E-state index contributed by atoms with van der Waals surface area (Å²) in [4.78, 5) is 16.1. The van der Waals surface area contributed by atoms with E-state index in [9.17, 15) is 0 Å². The molecule has 0 aliphatic heterocycles. The van der Waals surface area contributed by atoms with E-state index in [2.05, 4.69) is 19.9 Å². The first-order chi connectivity index (χ1) is 8.02.